The molecule has 0 radical (unpaired) electrons. The first kappa shape index (κ1) is 29.3. The third kappa shape index (κ3) is 6.09. The lowest BCUT2D eigenvalue weighted by molar-refractivity contribution is 1.07. The van der Waals surface area contributed by atoms with Gasteiger partial charge < -0.3 is 0 Å². The van der Waals surface area contributed by atoms with Crippen molar-refractivity contribution in [3.8, 4) is 85.8 Å². The van der Waals surface area contributed by atoms with Crippen LogP contribution in [0, 0.1) is 34.0 Å². The van der Waals surface area contributed by atoms with E-state index < -0.39 is 0 Å². The van der Waals surface area contributed by atoms with Crippen LogP contribution in [0.15, 0.2) is 128 Å². The SMILES string of the molecule is N#Cc1ccc(-c2ccc(-c3nc(-c4ccc(-c5ccc(C#N)nc5)cc4)nc(-c4ccc(-c5ccc(C#N)nc5)cc4)n3)cc2)cn1. The van der Waals surface area contributed by atoms with Crippen LogP contribution in [0.5, 0.6) is 0 Å². The Balaban J connectivity index is 1.26. The largest absolute Gasteiger partial charge is 0.245 e. The number of pyridine rings is 3. The summed E-state index contributed by atoms with van der Waals surface area (Å²) in [7, 11) is 0. The number of aromatic nitrogens is 6. The van der Waals surface area contributed by atoms with Crippen LogP contribution in [0.3, 0.4) is 0 Å². The molecule has 0 aliphatic rings. The summed E-state index contributed by atoms with van der Waals surface area (Å²) in [6, 6.07) is 40.4. The van der Waals surface area contributed by atoms with Crippen molar-refractivity contribution in [2.24, 2.45) is 0 Å². The van der Waals surface area contributed by atoms with Crippen molar-refractivity contribution in [2.45, 2.75) is 0 Å². The van der Waals surface area contributed by atoms with E-state index in [1.165, 1.54) is 0 Å². The van der Waals surface area contributed by atoms with Gasteiger partial charge in [-0.05, 0) is 53.1 Å². The average Bonchev–Trinajstić information content (AvgIpc) is 3.18. The van der Waals surface area contributed by atoms with Gasteiger partial charge in [-0.1, -0.05) is 72.8 Å². The van der Waals surface area contributed by atoms with Gasteiger partial charge in [-0.25, -0.2) is 29.9 Å². The van der Waals surface area contributed by atoms with Gasteiger partial charge in [0.1, 0.15) is 35.3 Å². The molecular weight excluding hydrogens is 594 g/mol. The lowest BCUT2D eigenvalue weighted by Gasteiger charge is -2.10. The molecule has 7 rings (SSSR count). The van der Waals surface area contributed by atoms with E-state index >= 15 is 0 Å². The van der Waals surface area contributed by atoms with E-state index in [2.05, 4.69) is 15.0 Å². The molecule has 4 heterocycles. The van der Waals surface area contributed by atoms with E-state index in [9.17, 15) is 0 Å². The van der Waals surface area contributed by atoms with Crippen LogP contribution >= 0.6 is 0 Å². The van der Waals surface area contributed by atoms with Crippen LogP contribution in [0.25, 0.3) is 67.5 Å². The molecule has 0 unspecified atom stereocenters. The Labute approximate surface area is 275 Å². The topological polar surface area (TPSA) is 149 Å². The predicted molar refractivity (Wildman–Crippen MR) is 180 cm³/mol. The molecule has 0 aliphatic carbocycles. The molecule has 0 fully saturated rings. The molecule has 9 nitrogen and oxygen atoms in total. The summed E-state index contributed by atoms with van der Waals surface area (Å²) in [5.74, 6) is 1.54. The fraction of sp³-hybridized carbons (Fsp3) is 0. The summed E-state index contributed by atoms with van der Waals surface area (Å²) in [6.45, 7) is 0. The molecular formula is C39H21N9. The summed E-state index contributed by atoms with van der Waals surface area (Å²) in [6.07, 6.45) is 5.05. The second-order valence-corrected chi connectivity index (χ2v) is 10.7. The number of benzene rings is 3. The van der Waals surface area contributed by atoms with Crippen LogP contribution in [-0.4, -0.2) is 29.9 Å². The van der Waals surface area contributed by atoms with Crippen LogP contribution in [0.2, 0.25) is 0 Å². The summed E-state index contributed by atoms with van der Waals surface area (Å²) in [5, 5.41) is 27.2. The Bertz CT molecular complexity index is 2080. The molecule has 3 aromatic carbocycles. The Morgan fingerprint density at radius 1 is 0.292 bits per heavy atom. The first-order valence-electron chi connectivity index (χ1n) is 14.8. The molecule has 9 heteroatoms. The minimum absolute atomic E-state index is 0.365. The van der Waals surface area contributed by atoms with Crippen molar-refractivity contribution in [1.29, 1.82) is 15.8 Å². The highest BCUT2D eigenvalue weighted by Crippen LogP contribution is 2.29. The van der Waals surface area contributed by atoms with Crippen LogP contribution < -0.4 is 0 Å². The van der Waals surface area contributed by atoms with Crippen molar-refractivity contribution in [1.82, 2.24) is 29.9 Å². The van der Waals surface area contributed by atoms with Gasteiger partial charge in [-0.15, -0.1) is 0 Å². The molecule has 0 N–H and O–H groups in total. The molecule has 0 spiro atoms. The highest BCUT2D eigenvalue weighted by Gasteiger charge is 2.14. The number of hydrogen-bond acceptors (Lipinski definition) is 9. The highest BCUT2D eigenvalue weighted by atomic mass is 15.0. The van der Waals surface area contributed by atoms with Crippen LogP contribution in [0.4, 0.5) is 0 Å². The van der Waals surface area contributed by atoms with Gasteiger partial charge in [-0.3, -0.25) is 0 Å². The van der Waals surface area contributed by atoms with Gasteiger partial charge in [0.15, 0.2) is 17.5 Å². The van der Waals surface area contributed by atoms with Crippen LogP contribution in [0.1, 0.15) is 17.1 Å². The molecule has 7 aromatic rings. The van der Waals surface area contributed by atoms with E-state index in [1.54, 1.807) is 36.8 Å². The van der Waals surface area contributed by atoms with E-state index in [0.717, 1.165) is 50.1 Å². The monoisotopic (exact) mass is 615 g/mol. The molecule has 0 bridgehead atoms. The predicted octanol–water partition coefficient (Wildman–Crippen LogP) is 7.67. The van der Waals surface area contributed by atoms with Crippen molar-refractivity contribution < 1.29 is 0 Å². The van der Waals surface area contributed by atoms with Gasteiger partial charge in [0.05, 0.1) is 0 Å². The molecule has 48 heavy (non-hydrogen) atoms. The van der Waals surface area contributed by atoms with Gasteiger partial charge in [-0.2, -0.15) is 15.8 Å². The second-order valence-electron chi connectivity index (χ2n) is 10.7. The average molecular weight is 616 g/mol. The molecule has 0 saturated heterocycles. The number of rotatable bonds is 6. The van der Waals surface area contributed by atoms with E-state index in [4.69, 9.17) is 30.7 Å². The lowest BCUT2D eigenvalue weighted by Crippen LogP contribution is -2.00. The van der Waals surface area contributed by atoms with Gasteiger partial charge in [0.25, 0.3) is 0 Å². The summed E-state index contributed by atoms with van der Waals surface area (Å²) >= 11 is 0. The van der Waals surface area contributed by atoms with Gasteiger partial charge in [0, 0.05) is 52.0 Å². The maximum absolute atomic E-state index is 9.08. The smallest absolute Gasteiger partial charge is 0.164 e. The molecule has 0 amide bonds. The third-order valence-electron chi connectivity index (χ3n) is 7.70. The minimum atomic E-state index is 0.365. The molecule has 0 atom stereocenters. The maximum Gasteiger partial charge on any atom is 0.164 e. The second kappa shape index (κ2) is 12.9. The third-order valence-corrected chi connectivity index (χ3v) is 7.70. The number of hydrogen-bond donors (Lipinski definition) is 0. The Morgan fingerprint density at radius 3 is 0.729 bits per heavy atom. The standard InChI is InChI=1S/C39H21N9/c40-19-34-16-13-31(22-43-34)25-1-7-28(8-2-25)37-46-38(29-9-3-26(4-10-29)32-14-17-35(20-41)44-23-32)48-39(47-37)30-11-5-27(6-12-30)33-15-18-36(21-42)45-24-33/h1-18,22-24H. The Hall–Kier alpha value is -7.41. The van der Waals surface area contributed by atoms with Crippen LogP contribution in [-0.2, 0) is 0 Å². The maximum atomic E-state index is 9.08. The van der Waals surface area contributed by atoms with E-state index in [0.29, 0.717) is 34.6 Å². The minimum Gasteiger partial charge on any atom is -0.245 e. The van der Waals surface area contributed by atoms with Crippen molar-refractivity contribution >= 4 is 0 Å². The fourth-order valence-electron chi connectivity index (χ4n) is 5.09. The zero-order valence-corrected chi connectivity index (χ0v) is 25.1. The molecule has 4 aromatic heterocycles. The quantitative estimate of drug-likeness (QED) is 0.184. The van der Waals surface area contributed by atoms with Gasteiger partial charge >= 0.3 is 0 Å². The van der Waals surface area contributed by atoms with Crippen molar-refractivity contribution in [2.75, 3.05) is 0 Å². The number of nitrogens with zero attached hydrogens (tertiary/aromatic N) is 9. The zero-order chi connectivity index (χ0) is 32.9. The Kier molecular flexibility index (Phi) is 7.88. The molecule has 222 valence electrons. The van der Waals surface area contributed by atoms with Crippen molar-refractivity contribution in [3.05, 3.63) is 145 Å². The van der Waals surface area contributed by atoms with E-state index in [-0.39, 0.29) is 0 Å². The number of nitriles is 3. The lowest BCUT2D eigenvalue weighted by atomic mass is 10.0. The first-order chi connectivity index (χ1) is 23.6. The first-order valence-corrected chi connectivity index (χ1v) is 14.8. The zero-order valence-electron chi connectivity index (χ0n) is 25.1. The van der Waals surface area contributed by atoms with Crippen molar-refractivity contribution in [3.63, 3.8) is 0 Å². The summed E-state index contributed by atoms with van der Waals surface area (Å²) < 4.78 is 0. The highest BCUT2D eigenvalue weighted by molar-refractivity contribution is 5.73. The summed E-state index contributed by atoms with van der Waals surface area (Å²) in [5.41, 5.74) is 9.06. The molecule has 0 saturated carbocycles. The fourth-order valence-corrected chi connectivity index (χ4v) is 5.09. The van der Waals surface area contributed by atoms with Gasteiger partial charge in [0.2, 0.25) is 0 Å². The van der Waals surface area contributed by atoms with E-state index in [1.807, 2.05) is 109 Å². The molecule has 0 aliphatic heterocycles. The normalized spacial score (nSPS) is 10.4. The Morgan fingerprint density at radius 2 is 0.521 bits per heavy atom. The summed E-state index contributed by atoms with van der Waals surface area (Å²) in [4.78, 5) is 27.2.